The average Bonchev–Trinajstić information content (AvgIpc) is 3.01. The number of hydrogen-bond acceptors (Lipinski definition) is 3. The van der Waals surface area contributed by atoms with Crippen LogP contribution in [0.25, 0.3) is 0 Å². The minimum atomic E-state index is -1.17. The van der Waals surface area contributed by atoms with Crippen LogP contribution in [0.5, 0.6) is 0 Å². The van der Waals surface area contributed by atoms with E-state index >= 15 is 0 Å². The van der Waals surface area contributed by atoms with Crippen molar-refractivity contribution in [3.05, 3.63) is 52.5 Å². The van der Waals surface area contributed by atoms with Crippen LogP contribution in [-0.2, 0) is 14.4 Å². The molecule has 3 amide bonds. The smallest absolute Gasteiger partial charge is 0.229 e. The molecule has 0 aromatic heterocycles. The van der Waals surface area contributed by atoms with Crippen LogP contribution in [0.4, 0.5) is 25.8 Å². The van der Waals surface area contributed by atoms with Gasteiger partial charge >= 0.3 is 0 Å². The summed E-state index contributed by atoms with van der Waals surface area (Å²) in [5, 5.41) is 4.83. The fourth-order valence-electron chi connectivity index (χ4n) is 2.96. The van der Waals surface area contributed by atoms with Crippen molar-refractivity contribution >= 4 is 50.7 Å². The SMILES string of the molecule is CC(=O)Nc1cc(F)c(F)cc1NC(=O)C1CC(=O)N(c2ccccc2Br)C1. The number of benzene rings is 2. The van der Waals surface area contributed by atoms with Gasteiger partial charge in [0, 0.05) is 36.5 Å². The Bertz CT molecular complexity index is 967. The molecular formula is C19H16BrF2N3O3. The first-order valence-electron chi connectivity index (χ1n) is 8.38. The molecular weight excluding hydrogens is 436 g/mol. The van der Waals surface area contributed by atoms with Crippen molar-refractivity contribution in [1.29, 1.82) is 0 Å². The monoisotopic (exact) mass is 451 g/mol. The summed E-state index contributed by atoms with van der Waals surface area (Å²) >= 11 is 3.38. The molecule has 1 saturated heterocycles. The summed E-state index contributed by atoms with van der Waals surface area (Å²) in [6, 6.07) is 8.72. The lowest BCUT2D eigenvalue weighted by Gasteiger charge is -2.18. The first-order chi connectivity index (χ1) is 13.3. The van der Waals surface area contributed by atoms with Crippen LogP contribution in [0.1, 0.15) is 13.3 Å². The molecule has 1 fully saturated rings. The van der Waals surface area contributed by atoms with Gasteiger partial charge in [-0.1, -0.05) is 12.1 Å². The van der Waals surface area contributed by atoms with Gasteiger partial charge in [0.15, 0.2) is 11.6 Å². The summed E-state index contributed by atoms with van der Waals surface area (Å²) in [4.78, 5) is 37.8. The zero-order chi connectivity index (χ0) is 20.4. The Morgan fingerprint density at radius 2 is 1.71 bits per heavy atom. The lowest BCUT2D eigenvalue weighted by Crippen LogP contribution is -2.28. The number of halogens is 3. The largest absolute Gasteiger partial charge is 0.324 e. The molecule has 1 heterocycles. The Balaban J connectivity index is 1.79. The number of nitrogens with one attached hydrogen (secondary N) is 2. The third kappa shape index (κ3) is 4.19. The highest BCUT2D eigenvalue weighted by Gasteiger charge is 2.36. The highest BCUT2D eigenvalue weighted by atomic mass is 79.9. The fourth-order valence-corrected chi connectivity index (χ4v) is 3.46. The van der Waals surface area contributed by atoms with Crippen LogP contribution >= 0.6 is 15.9 Å². The Kier molecular flexibility index (Phi) is 5.73. The topological polar surface area (TPSA) is 78.5 Å². The molecule has 1 unspecified atom stereocenters. The standard InChI is InChI=1S/C19H16BrF2N3O3/c1-10(26)23-15-7-13(21)14(22)8-16(15)24-19(28)11-6-18(27)25(9-11)17-5-3-2-4-12(17)20/h2-5,7-8,11H,6,9H2,1H3,(H,23,26)(H,24,28). The van der Waals surface area contributed by atoms with Gasteiger partial charge in [0.05, 0.1) is 23.0 Å². The number of carbonyl (C=O) groups is 3. The molecule has 28 heavy (non-hydrogen) atoms. The van der Waals surface area contributed by atoms with Gasteiger partial charge in [0.25, 0.3) is 0 Å². The van der Waals surface area contributed by atoms with Gasteiger partial charge in [-0.25, -0.2) is 8.78 Å². The van der Waals surface area contributed by atoms with Gasteiger partial charge < -0.3 is 15.5 Å². The maximum Gasteiger partial charge on any atom is 0.229 e. The Hall–Kier alpha value is -2.81. The zero-order valence-corrected chi connectivity index (χ0v) is 16.3. The van der Waals surface area contributed by atoms with Gasteiger partial charge in [-0.05, 0) is 28.1 Å². The average molecular weight is 452 g/mol. The molecule has 0 saturated carbocycles. The van der Waals surface area contributed by atoms with E-state index in [1.807, 2.05) is 6.07 Å². The number of anilines is 3. The van der Waals surface area contributed by atoms with Crippen LogP contribution in [0.15, 0.2) is 40.9 Å². The van der Waals surface area contributed by atoms with Gasteiger partial charge in [0.1, 0.15) is 0 Å². The Labute approximate surface area is 168 Å². The van der Waals surface area contributed by atoms with Crippen molar-refractivity contribution in [3.8, 4) is 0 Å². The molecule has 0 aliphatic carbocycles. The molecule has 0 bridgehead atoms. The molecule has 146 valence electrons. The third-order valence-corrected chi connectivity index (χ3v) is 4.94. The van der Waals surface area contributed by atoms with E-state index in [0.29, 0.717) is 5.69 Å². The predicted octanol–water partition coefficient (Wildman–Crippen LogP) is 3.68. The molecule has 2 N–H and O–H groups in total. The molecule has 6 nitrogen and oxygen atoms in total. The molecule has 0 spiro atoms. The summed E-state index contributed by atoms with van der Waals surface area (Å²) in [7, 11) is 0. The van der Waals surface area contributed by atoms with E-state index in [1.165, 1.54) is 11.8 Å². The number of nitrogens with zero attached hydrogens (tertiary/aromatic N) is 1. The summed E-state index contributed by atoms with van der Waals surface area (Å²) < 4.78 is 27.8. The number of para-hydroxylation sites is 1. The van der Waals surface area contributed by atoms with Crippen LogP contribution in [0.3, 0.4) is 0 Å². The molecule has 9 heteroatoms. The third-order valence-electron chi connectivity index (χ3n) is 4.27. The van der Waals surface area contributed by atoms with Crippen LogP contribution in [-0.4, -0.2) is 24.3 Å². The van der Waals surface area contributed by atoms with E-state index < -0.39 is 29.4 Å². The van der Waals surface area contributed by atoms with Crippen molar-refractivity contribution in [2.24, 2.45) is 5.92 Å². The Morgan fingerprint density at radius 3 is 2.32 bits per heavy atom. The van der Waals surface area contributed by atoms with E-state index in [0.717, 1.165) is 16.6 Å². The lowest BCUT2D eigenvalue weighted by molar-refractivity contribution is -0.122. The minimum Gasteiger partial charge on any atom is -0.324 e. The van der Waals surface area contributed by atoms with Crippen molar-refractivity contribution in [2.45, 2.75) is 13.3 Å². The predicted molar refractivity (Wildman–Crippen MR) is 104 cm³/mol. The quantitative estimate of drug-likeness (QED) is 0.743. The number of rotatable bonds is 4. The second-order valence-electron chi connectivity index (χ2n) is 6.34. The highest BCUT2D eigenvalue weighted by Crippen LogP contribution is 2.32. The van der Waals surface area contributed by atoms with E-state index in [2.05, 4.69) is 26.6 Å². The van der Waals surface area contributed by atoms with E-state index in [4.69, 9.17) is 0 Å². The molecule has 3 rings (SSSR count). The minimum absolute atomic E-state index is 0.0215. The molecule has 1 atom stereocenters. The normalized spacial score (nSPS) is 16.2. The number of carbonyl (C=O) groups excluding carboxylic acids is 3. The first kappa shape index (κ1) is 19.9. The van der Waals surface area contributed by atoms with Gasteiger partial charge in [-0.2, -0.15) is 0 Å². The van der Waals surface area contributed by atoms with Gasteiger partial charge in [0.2, 0.25) is 17.7 Å². The van der Waals surface area contributed by atoms with Gasteiger partial charge in [-0.3, -0.25) is 14.4 Å². The van der Waals surface area contributed by atoms with E-state index in [1.54, 1.807) is 18.2 Å². The van der Waals surface area contributed by atoms with E-state index in [-0.39, 0.29) is 30.2 Å². The van der Waals surface area contributed by atoms with E-state index in [9.17, 15) is 23.2 Å². The zero-order valence-electron chi connectivity index (χ0n) is 14.8. The van der Waals surface area contributed by atoms with Crippen LogP contribution in [0.2, 0.25) is 0 Å². The number of amides is 3. The van der Waals surface area contributed by atoms with Crippen molar-refractivity contribution < 1.29 is 23.2 Å². The van der Waals surface area contributed by atoms with Gasteiger partial charge in [-0.15, -0.1) is 0 Å². The van der Waals surface area contributed by atoms with Crippen molar-refractivity contribution in [3.63, 3.8) is 0 Å². The Morgan fingerprint density at radius 1 is 1.11 bits per heavy atom. The highest BCUT2D eigenvalue weighted by molar-refractivity contribution is 9.10. The molecule has 1 aliphatic rings. The summed E-state index contributed by atoms with van der Waals surface area (Å²) in [5.74, 6) is -4.25. The molecule has 2 aromatic carbocycles. The fraction of sp³-hybridized carbons (Fsp3) is 0.211. The molecule has 1 aliphatic heterocycles. The van der Waals surface area contributed by atoms with Crippen molar-refractivity contribution in [1.82, 2.24) is 0 Å². The van der Waals surface area contributed by atoms with Crippen molar-refractivity contribution in [2.75, 3.05) is 22.1 Å². The second kappa shape index (κ2) is 8.05. The summed E-state index contributed by atoms with van der Waals surface area (Å²) in [6.45, 7) is 1.35. The second-order valence-corrected chi connectivity index (χ2v) is 7.19. The van der Waals surface area contributed by atoms with Crippen LogP contribution < -0.4 is 15.5 Å². The number of hydrogen-bond donors (Lipinski definition) is 2. The lowest BCUT2D eigenvalue weighted by atomic mass is 10.1. The maximum absolute atomic E-state index is 13.6. The first-order valence-corrected chi connectivity index (χ1v) is 9.18. The summed E-state index contributed by atoms with van der Waals surface area (Å²) in [6.07, 6.45) is -0.0215. The molecule has 0 radical (unpaired) electrons. The maximum atomic E-state index is 13.6. The summed E-state index contributed by atoms with van der Waals surface area (Å²) in [5.41, 5.74) is 0.507. The molecule has 2 aromatic rings. The van der Waals surface area contributed by atoms with Crippen LogP contribution in [0, 0.1) is 17.6 Å².